The van der Waals surface area contributed by atoms with E-state index in [0.29, 0.717) is 48.6 Å². The van der Waals surface area contributed by atoms with Gasteiger partial charge in [0.15, 0.2) is 0 Å². The molecule has 0 radical (unpaired) electrons. The molecule has 0 aromatic carbocycles. The molecular formula is C14H20Cl2O4. The van der Waals surface area contributed by atoms with Crippen LogP contribution in [0.3, 0.4) is 0 Å². The predicted molar refractivity (Wildman–Crippen MR) is 79.6 cm³/mol. The second-order valence-corrected chi connectivity index (χ2v) is 5.06. The van der Waals surface area contributed by atoms with Crippen LogP contribution >= 0.6 is 23.2 Å². The lowest BCUT2D eigenvalue weighted by Gasteiger charge is -2.00. The van der Waals surface area contributed by atoms with Gasteiger partial charge in [-0.15, -0.1) is 0 Å². The van der Waals surface area contributed by atoms with E-state index in [0.717, 1.165) is 0 Å². The fourth-order valence-corrected chi connectivity index (χ4v) is 1.75. The zero-order chi connectivity index (χ0) is 15.4. The van der Waals surface area contributed by atoms with E-state index in [2.05, 4.69) is 9.47 Å². The van der Waals surface area contributed by atoms with Gasteiger partial charge in [0.1, 0.15) is 0 Å². The van der Waals surface area contributed by atoms with E-state index in [4.69, 9.17) is 23.2 Å². The van der Waals surface area contributed by atoms with Gasteiger partial charge in [-0.3, -0.25) is 9.59 Å². The summed E-state index contributed by atoms with van der Waals surface area (Å²) in [6, 6.07) is 0. The lowest BCUT2D eigenvalue weighted by molar-refractivity contribution is -0.141. The molecule has 0 N–H and O–H groups in total. The van der Waals surface area contributed by atoms with Crippen LogP contribution in [0.1, 0.15) is 38.5 Å². The summed E-state index contributed by atoms with van der Waals surface area (Å²) in [5.41, 5.74) is 0. The SMILES string of the molecule is COC(=O)CCC/C(Cl)=C/C=C(\Cl)CCCC(=O)OC. The van der Waals surface area contributed by atoms with Gasteiger partial charge >= 0.3 is 11.9 Å². The van der Waals surface area contributed by atoms with Crippen LogP contribution in [0.4, 0.5) is 0 Å². The summed E-state index contributed by atoms with van der Waals surface area (Å²) >= 11 is 12.0. The smallest absolute Gasteiger partial charge is 0.305 e. The summed E-state index contributed by atoms with van der Waals surface area (Å²) in [4.78, 5) is 21.8. The molecule has 0 aliphatic rings. The van der Waals surface area contributed by atoms with Crippen molar-refractivity contribution in [2.24, 2.45) is 0 Å². The fourth-order valence-electron chi connectivity index (χ4n) is 1.35. The zero-order valence-electron chi connectivity index (χ0n) is 11.8. The molecular weight excluding hydrogens is 303 g/mol. The van der Waals surface area contributed by atoms with Crippen LogP contribution in [-0.2, 0) is 19.1 Å². The van der Waals surface area contributed by atoms with Crippen molar-refractivity contribution >= 4 is 35.1 Å². The Morgan fingerprint density at radius 3 is 1.45 bits per heavy atom. The molecule has 114 valence electrons. The van der Waals surface area contributed by atoms with Crippen molar-refractivity contribution in [2.45, 2.75) is 38.5 Å². The second kappa shape index (κ2) is 11.8. The molecule has 0 rings (SSSR count). The average molecular weight is 323 g/mol. The first-order chi connectivity index (χ1) is 9.49. The lowest BCUT2D eigenvalue weighted by atomic mass is 10.2. The highest BCUT2D eigenvalue weighted by atomic mass is 35.5. The summed E-state index contributed by atoms with van der Waals surface area (Å²) in [5.74, 6) is -0.489. The maximum absolute atomic E-state index is 10.9. The Kier molecular flexibility index (Phi) is 11.2. The molecule has 6 heteroatoms. The van der Waals surface area contributed by atoms with E-state index in [9.17, 15) is 9.59 Å². The van der Waals surface area contributed by atoms with Crippen molar-refractivity contribution < 1.29 is 19.1 Å². The van der Waals surface area contributed by atoms with Crippen molar-refractivity contribution in [3.8, 4) is 0 Å². The highest BCUT2D eigenvalue weighted by molar-refractivity contribution is 6.31. The van der Waals surface area contributed by atoms with Gasteiger partial charge in [0.25, 0.3) is 0 Å². The van der Waals surface area contributed by atoms with Gasteiger partial charge in [-0.2, -0.15) is 0 Å². The molecule has 20 heavy (non-hydrogen) atoms. The number of carbonyl (C=O) groups excluding carboxylic acids is 2. The van der Waals surface area contributed by atoms with Gasteiger partial charge in [-0.1, -0.05) is 23.2 Å². The summed E-state index contributed by atoms with van der Waals surface area (Å²) < 4.78 is 9.06. The van der Waals surface area contributed by atoms with E-state index in [1.807, 2.05) is 0 Å². The van der Waals surface area contributed by atoms with E-state index >= 15 is 0 Å². The highest BCUT2D eigenvalue weighted by Gasteiger charge is 2.02. The van der Waals surface area contributed by atoms with Gasteiger partial charge < -0.3 is 9.47 Å². The summed E-state index contributed by atoms with van der Waals surface area (Å²) in [7, 11) is 2.72. The minimum absolute atomic E-state index is 0.245. The maximum atomic E-state index is 10.9. The minimum Gasteiger partial charge on any atom is -0.469 e. The number of ether oxygens (including phenoxy) is 2. The lowest BCUT2D eigenvalue weighted by Crippen LogP contribution is -1.99. The third-order valence-electron chi connectivity index (χ3n) is 2.49. The number of methoxy groups -OCH3 is 2. The molecule has 0 aromatic rings. The summed E-state index contributed by atoms with van der Waals surface area (Å²) in [6.45, 7) is 0. The Morgan fingerprint density at radius 2 is 1.15 bits per heavy atom. The quantitative estimate of drug-likeness (QED) is 0.477. The number of rotatable bonds is 9. The summed E-state index contributed by atoms with van der Waals surface area (Å²) in [6.07, 6.45) is 6.57. The van der Waals surface area contributed by atoms with Gasteiger partial charge in [-0.25, -0.2) is 0 Å². The number of hydrogen-bond acceptors (Lipinski definition) is 4. The molecule has 0 heterocycles. The van der Waals surface area contributed by atoms with Crippen molar-refractivity contribution in [3.05, 3.63) is 22.2 Å². The summed E-state index contributed by atoms with van der Waals surface area (Å²) in [5, 5.41) is 1.25. The van der Waals surface area contributed by atoms with Crippen molar-refractivity contribution in [3.63, 3.8) is 0 Å². The molecule has 0 aliphatic carbocycles. The fraction of sp³-hybridized carbons (Fsp3) is 0.571. The topological polar surface area (TPSA) is 52.6 Å². The Balaban J connectivity index is 3.94. The predicted octanol–water partition coefficient (Wildman–Crippen LogP) is 3.92. The normalized spacial score (nSPS) is 12.2. The molecule has 0 aliphatic heterocycles. The maximum Gasteiger partial charge on any atom is 0.305 e. The van der Waals surface area contributed by atoms with Crippen molar-refractivity contribution in [1.82, 2.24) is 0 Å². The first-order valence-electron chi connectivity index (χ1n) is 6.34. The van der Waals surface area contributed by atoms with Crippen LogP contribution in [0.2, 0.25) is 0 Å². The Hall–Kier alpha value is -1.00. The molecule has 0 aromatic heterocycles. The molecule has 0 spiro atoms. The third kappa shape index (κ3) is 10.9. The number of carbonyl (C=O) groups is 2. The van der Waals surface area contributed by atoms with Crippen LogP contribution in [0.5, 0.6) is 0 Å². The van der Waals surface area contributed by atoms with E-state index in [1.165, 1.54) is 14.2 Å². The molecule has 0 unspecified atom stereocenters. The molecule has 4 nitrogen and oxygen atoms in total. The Bertz CT molecular complexity index is 339. The molecule has 0 fully saturated rings. The third-order valence-corrected chi connectivity index (χ3v) is 3.12. The van der Waals surface area contributed by atoms with Gasteiger partial charge in [-0.05, 0) is 37.8 Å². The molecule has 0 atom stereocenters. The number of allylic oxidation sites excluding steroid dienone is 4. The van der Waals surface area contributed by atoms with Crippen LogP contribution in [0, 0.1) is 0 Å². The standard InChI is InChI=1S/C14H20Cl2O4/c1-19-13(17)7-3-5-11(15)9-10-12(16)6-4-8-14(18)20-2/h9-10H,3-8H2,1-2H3/b11-9-,12-10-. The monoisotopic (exact) mass is 322 g/mol. The van der Waals surface area contributed by atoms with Gasteiger partial charge in [0, 0.05) is 22.9 Å². The largest absolute Gasteiger partial charge is 0.469 e. The van der Waals surface area contributed by atoms with E-state index in [-0.39, 0.29) is 11.9 Å². The Morgan fingerprint density at radius 1 is 0.800 bits per heavy atom. The second-order valence-electron chi connectivity index (χ2n) is 4.09. The molecule has 0 amide bonds. The first-order valence-corrected chi connectivity index (χ1v) is 7.09. The van der Waals surface area contributed by atoms with Crippen LogP contribution < -0.4 is 0 Å². The Labute approximate surface area is 129 Å². The molecule has 0 bridgehead atoms. The van der Waals surface area contributed by atoms with Gasteiger partial charge in [0.2, 0.25) is 0 Å². The number of esters is 2. The highest BCUT2D eigenvalue weighted by Crippen LogP contribution is 2.16. The van der Waals surface area contributed by atoms with Crippen molar-refractivity contribution in [2.75, 3.05) is 14.2 Å². The molecule has 0 saturated heterocycles. The first kappa shape index (κ1) is 19.0. The van der Waals surface area contributed by atoms with E-state index in [1.54, 1.807) is 12.2 Å². The van der Waals surface area contributed by atoms with E-state index < -0.39 is 0 Å². The average Bonchev–Trinajstić information content (AvgIpc) is 2.44. The van der Waals surface area contributed by atoms with Crippen LogP contribution in [-0.4, -0.2) is 26.2 Å². The number of halogens is 2. The van der Waals surface area contributed by atoms with Gasteiger partial charge in [0.05, 0.1) is 14.2 Å². The van der Waals surface area contributed by atoms with Crippen LogP contribution in [0.25, 0.3) is 0 Å². The zero-order valence-corrected chi connectivity index (χ0v) is 13.3. The number of hydrogen-bond donors (Lipinski definition) is 0. The van der Waals surface area contributed by atoms with Crippen molar-refractivity contribution in [1.29, 1.82) is 0 Å². The minimum atomic E-state index is -0.245. The molecule has 0 saturated carbocycles. The van der Waals surface area contributed by atoms with Crippen LogP contribution in [0.15, 0.2) is 22.2 Å².